The summed E-state index contributed by atoms with van der Waals surface area (Å²) in [6.45, 7) is 1.89. The number of hydrogen-bond acceptors (Lipinski definition) is 3. The quantitative estimate of drug-likeness (QED) is 0.694. The summed E-state index contributed by atoms with van der Waals surface area (Å²) in [5, 5.41) is 14.1. The van der Waals surface area contributed by atoms with E-state index >= 15 is 0 Å². The van der Waals surface area contributed by atoms with E-state index in [-0.39, 0.29) is 23.7 Å². The second-order valence-corrected chi connectivity index (χ2v) is 4.94. The Kier molecular flexibility index (Phi) is 4.55. The van der Waals surface area contributed by atoms with Gasteiger partial charge in [-0.25, -0.2) is 0 Å². The number of amides is 1. The number of halogens is 1. The average Bonchev–Trinajstić information content (AvgIpc) is 2.46. The maximum atomic E-state index is 12.0. The Hall–Kier alpha value is -2.40. The van der Waals surface area contributed by atoms with Crippen molar-refractivity contribution in [3.05, 3.63) is 74.3 Å². The molecule has 0 saturated heterocycles. The van der Waals surface area contributed by atoms with Gasteiger partial charge in [-0.15, -0.1) is 0 Å². The molecule has 0 atom stereocenters. The fourth-order valence-corrected chi connectivity index (χ4v) is 2.07. The van der Waals surface area contributed by atoms with Gasteiger partial charge in [0.25, 0.3) is 11.6 Å². The average molecular weight is 305 g/mol. The molecule has 0 fully saturated rings. The number of nitro groups is 1. The lowest BCUT2D eigenvalue weighted by Gasteiger charge is -2.07. The third kappa shape index (κ3) is 3.58. The van der Waals surface area contributed by atoms with Crippen LogP contribution in [-0.2, 0) is 6.54 Å². The van der Waals surface area contributed by atoms with Gasteiger partial charge < -0.3 is 5.32 Å². The summed E-state index contributed by atoms with van der Waals surface area (Å²) in [5.41, 5.74) is 1.48. The van der Waals surface area contributed by atoms with Crippen LogP contribution in [0.3, 0.4) is 0 Å². The molecule has 0 aliphatic heterocycles. The van der Waals surface area contributed by atoms with Crippen molar-refractivity contribution < 1.29 is 9.72 Å². The molecule has 6 heteroatoms. The Morgan fingerprint density at radius 3 is 2.67 bits per heavy atom. The molecule has 2 aromatic rings. The number of benzene rings is 2. The number of nitrogens with zero attached hydrogens (tertiary/aromatic N) is 1. The van der Waals surface area contributed by atoms with Crippen LogP contribution >= 0.6 is 11.6 Å². The molecule has 0 aliphatic carbocycles. The van der Waals surface area contributed by atoms with Crippen LogP contribution in [0.15, 0.2) is 42.5 Å². The maximum Gasteiger partial charge on any atom is 0.273 e. The number of rotatable bonds is 4. The number of nitro benzene ring substituents is 1. The summed E-state index contributed by atoms with van der Waals surface area (Å²) in [6.07, 6.45) is 0. The first-order valence-electron chi connectivity index (χ1n) is 6.25. The van der Waals surface area contributed by atoms with Crippen molar-refractivity contribution in [1.82, 2.24) is 5.32 Å². The van der Waals surface area contributed by atoms with Crippen LogP contribution in [0.25, 0.3) is 0 Å². The Morgan fingerprint density at radius 1 is 1.29 bits per heavy atom. The van der Waals surface area contributed by atoms with Crippen molar-refractivity contribution in [3.8, 4) is 0 Å². The van der Waals surface area contributed by atoms with E-state index in [9.17, 15) is 14.9 Å². The lowest BCUT2D eigenvalue weighted by molar-refractivity contribution is -0.385. The molecule has 2 aromatic carbocycles. The minimum Gasteiger partial charge on any atom is -0.348 e. The van der Waals surface area contributed by atoms with Crippen molar-refractivity contribution in [1.29, 1.82) is 0 Å². The molecule has 0 aromatic heterocycles. The Morgan fingerprint density at radius 2 is 2.00 bits per heavy atom. The van der Waals surface area contributed by atoms with Crippen molar-refractivity contribution in [3.63, 3.8) is 0 Å². The van der Waals surface area contributed by atoms with E-state index in [4.69, 9.17) is 11.6 Å². The van der Waals surface area contributed by atoms with Gasteiger partial charge in [-0.2, -0.15) is 0 Å². The number of hydrogen-bond donors (Lipinski definition) is 1. The molecule has 0 aliphatic rings. The monoisotopic (exact) mass is 304 g/mol. The molecule has 0 heterocycles. The van der Waals surface area contributed by atoms with Gasteiger partial charge in [-0.3, -0.25) is 14.9 Å². The normalized spacial score (nSPS) is 10.2. The number of nitrogens with one attached hydrogen (secondary N) is 1. The van der Waals surface area contributed by atoms with Gasteiger partial charge in [-0.1, -0.05) is 35.9 Å². The molecule has 5 nitrogen and oxygen atoms in total. The van der Waals surface area contributed by atoms with Crippen molar-refractivity contribution in [2.45, 2.75) is 13.5 Å². The van der Waals surface area contributed by atoms with E-state index in [0.717, 1.165) is 5.56 Å². The molecule has 0 bridgehead atoms. The number of carbonyl (C=O) groups is 1. The van der Waals surface area contributed by atoms with Crippen LogP contribution in [0.4, 0.5) is 5.69 Å². The topological polar surface area (TPSA) is 72.2 Å². The largest absolute Gasteiger partial charge is 0.348 e. The standard InChI is InChI=1S/C15H13ClN2O3/c1-10-6-7-11(8-14(10)18(20)21)15(19)17-9-12-4-2-3-5-13(12)16/h2-8H,9H2,1H3,(H,17,19). The molecule has 0 unspecified atom stereocenters. The first-order chi connectivity index (χ1) is 9.99. The minimum absolute atomic E-state index is 0.0691. The summed E-state index contributed by atoms with van der Waals surface area (Å²) in [6, 6.07) is 11.6. The molecule has 1 N–H and O–H groups in total. The summed E-state index contributed by atoms with van der Waals surface area (Å²) >= 11 is 6.00. The molecular formula is C15H13ClN2O3. The van der Waals surface area contributed by atoms with Crippen LogP contribution < -0.4 is 5.32 Å². The highest BCUT2D eigenvalue weighted by Crippen LogP contribution is 2.19. The van der Waals surface area contributed by atoms with Crippen LogP contribution in [0.2, 0.25) is 5.02 Å². The second kappa shape index (κ2) is 6.37. The third-order valence-electron chi connectivity index (χ3n) is 3.07. The van der Waals surface area contributed by atoms with Crippen LogP contribution in [0.1, 0.15) is 21.5 Å². The van der Waals surface area contributed by atoms with Crippen LogP contribution in [-0.4, -0.2) is 10.8 Å². The molecule has 2 rings (SSSR count). The highest BCUT2D eigenvalue weighted by molar-refractivity contribution is 6.31. The molecule has 1 amide bonds. The van der Waals surface area contributed by atoms with Gasteiger partial charge in [0.2, 0.25) is 0 Å². The lowest BCUT2D eigenvalue weighted by atomic mass is 10.1. The van der Waals surface area contributed by atoms with Crippen LogP contribution in [0.5, 0.6) is 0 Å². The number of carbonyl (C=O) groups excluding carboxylic acids is 1. The first-order valence-corrected chi connectivity index (χ1v) is 6.63. The zero-order valence-corrected chi connectivity index (χ0v) is 12.1. The fourth-order valence-electron chi connectivity index (χ4n) is 1.87. The maximum absolute atomic E-state index is 12.0. The number of aryl methyl sites for hydroxylation is 1. The molecule has 0 spiro atoms. The Bertz CT molecular complexity index is 701. The van der Waals surface area contributed by atoms with E-state index in [1.54, 1.807) is 37.3 Å². The lowest BCUT2D eigenvalue weighted by Crippen LogP contribution is -2.23. The van der Waals surface area contributed by atoms with Crippen molar-refractivity contribution in [2.75, 3.05) is 0 Å². The van der Waals surface area contributed by atoms with Crippen molar-refractivity contribution in [2.24, 2.45) is 0 Å². The highest BCUT2D eigenvalue weighted by atomic mass is 35.5. The zero-order valence-electron chi connectivity index (χ0n) is 11.3. The smallest absolute Gasteiger partial charge is 0.273 e. The second-order valence-electron chi connectivity index (χ2n) is 4.53. The van der Waals surface area contributed by atoms with E-state index in [2.05, 4.69) is 5.32 Å². The molecule has 0 radical (unpaired) electrons. The van der Waals surface area contributed by atoms with E-state index < -0.39 is 4.92 Å². The predicted octanol–water partition coefficient (Wildman–Crippen LogP) is 3.49. The summed E-state index contributed by atoms with van der Waals surface area (Å²) in [4.78, 5) is 22.4. The summed E-state index contributed by atoms with van der Waals surface area (Å²) in [7, 11) is 0. The minimum atomic E-state index is -0.500. The van der Waals surface area contributed by atoms with Gasteiger partial charge in [0.1, 0.15) is 0 Å². The van der Waals surface area contributed by atoms with Crippen LogP contribution in [0, 0.1) is 17.0 Å². The van der Waals surface area contributed by atoms with E-state index in [0.29, 0.717) is 10.6 Å². The zero-order chi connectivity index (χ0) is 15.4. The van der Waals surface area contributed by atoms with Gasteiger partial charge >= 0.3 is 0 Å². The SMILES string of the molecule is Cc1ccc(C(=O)NCc2ccccc2Cl)cc1[N+](=O)[O-]. The van der Waals surface area contributed by atoms with Gasteiger partial charge in [0.05, 0.1) is 4.92 Å². The Balaban J connectivity index is 2.12. The molecule has 108 valence electrons. The van der Waals surface area contributed by atoms with E-state index in [1.165, 1.54) is 6.07 Å². The van der Waals surface area contributed by atoms with Gasteiger partial charge in [0.15, 0.2) is 0 Å². The highest BCUT2D eigenvalue weighted by Gasteiger charge is 2.14. The molecule has 21 heavy (non-hydrogen) atoms. The predicted molar refractivity (Wildman–Crippen MR) is 80.5 cm³/mol. The summed E-state index contributed by atoms with van der Waals surface area (Å²) in [5.74, 6) is -0.377. The molecule has 0 saturated carbocycles. The Labute approximate surface area is 126 Å². The summed E-state index contributed by atoms with van der Waals surface area (Å²) < 4.78 is 0. The first kappa shape index (κ1) is 15.0. The van der Waals surface area contributed by atoms with Crippen molar-refractivity contribution >= 4 is 23.2 Å². The molecular weight excluding hydrogens is 292 g/mol. The fraction of sp³-hybridized carbons (Fsp3) is 0.133. The van der Waals surface area contributed by atoms with E-state index in [1.807, 2.05) is 6.07 Å². The van der Waals surface area contributed by atoms with Gasteiger partial charge in [0, 0.05) is 28.8 Å². The third-order valence-corrected chi connectivity index (χ3v) is 3.43. The van der Waals surface area contributed by atoms with Gasteiger partial charge in [-0.05, 0) is 24.6 Å².